The maximum Gasteiger partial charge on any atom is 0.317 e. The van der Waals surface area contributed by atoms with Crippen LogP contribution in [0.15, 0.2) is 24.3 Å². The Labute approximate surface area is 123 Å². The largest absolute Gasteiger partial charge is 0.493 e. The number of carboxylic acids is 1. The van der Waals surface area contributed by atoms with E-state index in [9.17, 15) is 9.59 Å². The summed E-state index contributed by atoms with van der Waals surface area (Å²) in [6.45, 7) is 1.37. The number of carbonyl (C=O) groups is 2. The number of ether oxygens (including phenoxy) is 1. The number of fused-ring (bicyclic) bond motifs is 1. The van der Waals surface area contributed by atoms with Crippen LogP contribution in [-0.4, -0.2) is 48.8 Å². The molecular weight excluding hydrogens is 272 g/mol. The van der Waals surface area contributed by atoms with Crippen molar-refractivity contribution in [3.05, 3.63) is 29.8 Å². The van der Waals surface area contributed by atoms with Gasteiger partial charge >= 0.3 is 12.0 Å². The van der Waals surface area contributed by atoms with E-state index < -0.39 is 5.97 Å². The predicted molar refractivity (Wildman–Crippen MR) is 77.6 cm³/mol. The average molecular weight is 292 g/mol. The second-order valence-electron chi connectivity index (χ2n) is 5.12. The molecule has 0 aliphatic carbocycles. The number of hydrogen-bond donors (Lipinski definition) is 2. The van der Waals surface area contributed by atoms with Gasteiger partial charge in [0.1, 0.15) is 5.75 Å². The van der Waals surface area contributed by atoms with Crippen LogP contribution in [0, 0.1) is 0 Å². The van der Waals surface area contributed by atoms with Crippen molar-refractivity contribution in [2.75, 3.05) is 26.7 Å². The van der Waals surface area contributed by atoms with Gasteiger partial charge in [-0.1, -0.05) is 18.2 Å². The molecule has 1 aliphatic heterocycles. The molecule has 6 heteroatoms. The Morgan fingerprint density at radius 3 is 2.95 bits per heavy atom. The van der Waals surface area contributed by atoms with Crippen molar-refractivity contribution in [1.29, 1.82) is 0 Å². The molecule has 2 amide bonds. The van der Waals surface area contributed by atoms with E-state index in [1.54, 1.807) is 7.05 Å². The summed E-state index contributed by atoms with van der Waals surface area (Å²) in [5, 5.41) is 11.5. The standard InChI is InChI=1S/C15H20N2O4/c1-17(8-6-14(18)19)15(20)16-10-11-7-9-21-13-5-3-2-4-12(11)13/h2-5,11H,6-10H2,1H3,(H,16,20)(H,18,19). The lowest BCUT2D eigenvalue weighted by Crippen LogP contribution is -2.40. The smallest absolute Gasteiger partial charge is 0.317 e. The molecule has 21 heavy (non-hydrogen) atoms. The Morgan fingerprint density at radius 2 is 2.19 bits per heavy atom. The van der Waals surface area contributed by atoms with Crippen LogP contribution in [0.4, 0.5) is 4.79 Å². The Morgan fingerprint density at radius 1 is 1.43 bits per heavy atom. The van der Waals surface area contributed by atoms with E-state index in [2.05, 4.69) is 5.32 Å². The number of para-hydroxylation sites is 1. The monoisotopic (exact) mass is 292 g/mol. The molecule has 0 radical (unpaired) electrons. The van der Waals surface area contributed by atoms with Crippen molar-refractivity contribution in [2.24, 2.45) is 0 Å². The molecule has 0 saturated heterocycles. The normalized spacial score (nSPS) is 16.5. The molecule has 2 N–H and O–H groups in total. The van der Waals surface area contributed by atoms with Gasteiger partial charge < -0.3 is 20.1 Å². The minimum absolute atomic E-state index is 0.0516. The highest BCUT2D eigenvalue weighted by Gasteiger charge is 2.22. The fraction of sp³-hybridized carbons (Fsp3) is 0.467. The van der Waals surface area contributed by atoms with E-state index in [0.29, 0.717) is 13.2 Å². The molecule has 0 spiro atoms. The lowest BCUT2D eigenvalue weighted by molar-refractivity contribution is -0.137. The summed E-state index contributed by atoms with van der Waals surface area (Å²) in [6, 6.07) is 7.59. The van der Waals surface area contributed by atoms with Crippen LogP contribution in [-0.2, 0) is 4.79 Å². The van der Waals surface area contributed by atoms with E-state index in [4.69, 9.17) is 9.84 Å². The molecule has 1 unspecified atom stereocenters. The molecule has 2 rings (SSSR count). The maximum absolute atomic E-state index is 11.9. The molecule has 0 fully saturated rings. The molecule has 1 aliphatic rings. The number of hydrogen-bond acceptors (Lipinski definition) is 3. The van der Waals surface area contributed by atoms with Gasteiger partial charge in [-0.25, -0.2) is 4.79 Å². The first-order valence-corrected chi connectivity index (χ1v) is 7.00. The molecule has 1 heterocycles. The summed E-state index contributed by atoms with van der Waals surface area (Å²) in [5.41, 5.74) is 1.11. The van der Waals surface area contributed by atoms with Crippen LogP contribution in [0.1, 0.15) is 24.3 Å². The molecule has 1 aromatic rings. The van der Waals surface area contributed by atoms with E-state index in [1.165, 1.54) is 4.90 Å². The lowest BCUT2D eigenvalue weighted by atomic mass is 9.93. The molecule has 0 saturated carbocycles. The van der Waals surface area contributed by atoms with Crippen molar-refractivity contribution in [3.63, 3.8) is 0 Å². The van der Waals surface area contributed by atoms with Gasteiger partial charge in [-0.3, -0.25) is 4.79 Å². The molecule has 0 bridgehead atoms. The molecule has 0 aromatic heterocycles. The minimum atomic E-state index is -0.909. The number of nitrogens with one attached hydrogen (secondary N) is 1. The van der Waals surface area contributed by atoms with Crippen LogP contribution >= 0.6 is 0 Å². The van der Waals surface area contributed by atoms with Crippen LogP contribution < -0.4 is 10.1 Å². The van der Waals surface area contributed by atoms with Crippen molar-refractivity contribution in [2.45, 2.75) is 18.8 Å². The number of urea groups is 1. The highest BCUT2D eigenvalue weighted by Crippen LogP contribution is 2.32. The fourth-order valence-electron chi connectivity index (χ4n) is 2.34. The van der Waals surface area contributed by atoms with E-state index in [0.717, 1.165) is 17.7 Å². The lowest BCUT2D eigenvalue weighted by Gasteiger charge is -2.27. The van der Waals surface area contributed by atoms with Crippen LogP contribution in [0.2, 0.25) is 0 Å². The van der Waals surface area contributed by atoms with Gasteiger partial charge in [0.25, 0.3) is 0 Å². The van der Waals surface area contributed by atoms with Crippen molar-refractivity contribution in [1.82, 2.24) is 10.2 Å². The Hall–Kier alpha value is -2.24. The summed E-state index contributed by atoms with van der Waals surface area (Å²) < 4.78 is 5.58. The average Bonchev–Trinajstić information content (AvgIpc) is 2.50. The van der Waals surface area contributed by atoms with E-state index in [1.807, 2.05) is 24.3 Å². The number of rotatable bonds is 5. The van der Waals surface area contributed by atoms with Gasteiger partial charge in [-0.15, -0.1) is 0 Å². The molecule has 6 nitrogen and oxygen atoms in total. The predicted octanol–water partition coefficient (Wildman–Crippen LogP) is 1.67. The van der Waals surface area contributed by atoms with Crippen LogP contribution in [0.5, 0.6) is 5.75 Å². The number of nitrogens with zero attached hydrogens (tertiary/aromatic N) is 1. The first-order chi connectivity index (χ1) is 10.1. The number of amides is 2. The maximum atomic E-state index is 11.9. The molecular formula is C15H20N2O4. The number of carboxylic acid groups (broad SMARTS) is 1. The summed E-state index contributed by atoms with van der Waals surface area (Å²) in [5.74, 6) is 0.196. The van der Waals surface area contributed by atoms with Crippen LogP contribution in [0.3, 0.4) is 0 Å². The van der Waals surface area contributed by atoms with Gasteiger partial charge in [-0.05, 0) is 18.1 Å². The van der Waals surface area contributed by atoms with Gasteiger partial charge in [-0.2, -0.15) is 0 Å². The van der Waals surface area contributed by atoms with Crippen molar-refractivity contribution in [3.8, 4) is 5.75 Å². The zero-order valence-corrected chi connectivity index (χ0v) is 12.0. The molecule has 114 valence electrons. The van der Waals surface area contributed by atoms with Gasteiger partial charge in [0, 0.05) is 26.1 Å². The number of benzene rings is 1. The Bertz CT molecular complexity index is 518. The first kappa shape index (κ1) is 15.2. The number of aliphatic carboxylic acids is 1. The zero-order chi connectivity index (χ0) is 15.2. The second-order valence-corrected chi connectivity index (χ2v) is 5.12. The topological polar surface area (TPSA) is 78.9 Å². The third-order valence-electron chi connectivity index (χ3n) is 3.59. The van der Waals surface area contributed by atoms with E-state index in [-0.39, 0.29) is 24.9 Å². The molecule has 1 atom stereocenters. The summed E-state index contributed by atoms with van der Waals surface area (Å²) >= 11 is 0. The highest BCUT2D eigenvalue weighted by molar-refractivity contribution is 5.75. The Balaban J connectivity index is 1.86. The SMILES string of the molecule is CN(CCC(=O)O)C(=O)NCC1CCOc2ccccc21. The van der Waals surface area contributed by atoms with Gasteiger partial charge in [0.15, 0.2) is 0 Å². The third kappa shape index (κ3) is 4.11. The van der Waals surface area contributed by atoms with Gasteiger partial charge in [0.05, 0.1) is 13.0 Å². The second kappa shape index (κ2) is 6.97. The van der Waals surface area contributed by atoms with Crippen LogP contribution in [0.25, 0.3) is 0 Å². The van der Waals surface area contributed by atoms with Gasteiger partial charge in [0.2, 0.25) is 0 Å². The molecule has 1 aromatic carbocycles. The first-order valence-electron chi connectivity index (χ1n) is 7.00. The summed E-state index contributed by atoms with van der Waals surface area (Å²) in [6.07, 6.45) is 0.806. The van der Waals surface area contributed by atoms with Crippen molar-refractivity contribution >= 4 is 12.0 Å². The summed E-state index contributed by atoms with van der Waals surface area (Å²) in [7, 11) is 1.59. The highest BCUT2D eigenvalue weighted by atomic mass is 16.5. The minimum Gasteiger partial charge on any atom is -0.493 e. The number of carbonyl (C=O) groups excluding carboxylic acids is 1. The van der Waals surface area contributed by atoms with Crippen molar-refractivity contribution < 1.29 is 19.4 Å². The Kier molecular flexibility index (Phi) is 5.03. The quantitative estimate of drug-likeness (QED) is 0.865. The zero-order valence-electron chi connectivity index (χ0n) is 12.0. The fourth-order valence-corrected chi connectivity index (χ4v) is 2.34. The third-order valence-corrected chi connectivity index (χ3v) is 3.59. The van der Waals surface area contributed by atoms with E-state index >= 15 is 0 Å². The summed E-state index contributed by atoms with van der Waals surface area (Å²) in [4.78, 5) is 23.8.